The van der Waals surface area contributed by atoms with Crippen LogP contribution in [0, 0.1) is 0 Å². The third-order valence-corrected chi connectivity index (χ3v) is 5.60. The maximum atomic E-state index is 13.2. The van der Waals surface area contributed by atoms with Crippen molar-refractivity contribution in [3.8, 4) is 23.0 Å². The molecule has 0 spiro atoms. The van der Waals surface area contributed by atoms with Gasteiger partial charge in [-0.05, 0) is 5.56 Å². The normalized spacial score (nSPS) is 14.0. The van der Waals surface area contributed by atoms with Crippen LogP contribution in [-0.2, 0) is 12.4 Å². The van der Waals surface area contributed by atoms with E-state index >= 15 is 0 Å². The number of nitrogens with one attached hydrogen (secondary N) is 1. The summed E-state index contributed by atoms with van der Waals surface area (Å²) in [4.78, 5) is 11.9. The molecule has 0 atom stereocenters. The van der Waals surface area contributed by atoms with Gasteiger partial charge in [-0.3, -0.25) is 4.98 Å². The van der Waals surface area contributed by atoms with Gasteiger partial charge in [0.1, 0.15) is 6.61 Å². The van der Waals surface area contributed by atoms with Crippen molar-refractivity contribution in [1.29, 1.82) is 0 Å². The Labute approximate surface area is 185 Å². The topological polar surface area (TPSA) is 78.5 Å². The number of pyridine rings is 1. The third kappa shape index (κ3) is 4.13. The van der Waals surface area contributed by atoms with Crippen molar-refractivity contribution >= 4 is 22.8 Å². The van der Waals surface area contributed by atoms with Gasteiger partial charge in [-0.25, -0.2) is 4.98 Å². The Morgan fingerprint density at radius 1 is 1.09 bits per heavy atom. The lowest BCUT2D eigenvalue weighted by Gasteiger charge is -2.13. The minimum atomic E-state index is -3.66. The first-order valence-corrected chi connectivity index (χ1v) is 10.6. The van der Waals surface area contributed by atoms with Gasteiger partial charge in [0.05, 0.1) is 23.8 Å². The fraction of sp³-hybridized carbons (Fsp3) is 0.182. The van der Waals surface area contributed by atoms with Crippen LogP contribution < -0.4 is 18.9 Å². The van der Waals surface area contributed by atoms with E-state index in [1.165, 1.54) is 23.9 Å². The molecule has 164 valence electrons. The molecule has 0 aliphatic carbocycles. The minimum absolute atomic E-state index is 0.0331. The fourth-order valence-electron chi connectivity index (χ4n) is 3.28. The number of imidazole rings is 1. The molecule has 2 aromatic carbocycles. The summed E-state index contributed by atoms with van der Waals surface area (Å²) in [6.45, 7) is 0.408. The van der Waals surface area contributed by atoms with Gasteiger partial charge in [-0.1, -0.05) is 42.1 Å². The predicted octanol–water partition coefficient (Wildman–Crippen LogP) is 5.16. The number of aromatic nitrogens is 3. The molecule has 0 amide bonds. The number of benzene rings is 2. The first kappa shape index (κ1) is 20.4. The molecule has 32 heavy (non-hydrogen) atoms. The predicted molar refractivity (Wildman–Crippen MR) is 113 cm³/mol. The Morgan fingerprint density at radius 3 is 2.66 bits per heavy atom. The van der Waals surface area contributed by atoms with Crippen molar-refractivity contribution in [3.63, 3.8) is 0 Å². The Balaban J connectivity index is 1.31. The van der Waals surface area contributed by atoms with Gasteiger partial charge in [-0.2, -0.15) is 0 Å². The number of hydrogen-bond acceptors (Lipinski definition) is 7. The monoisotopic (exact) mass is 457 g/mol. The van der Waals surface area contributed by atoms with E-state index in [-0.39, 0.29) is 11.5 Å². The Hall–Kier alpha value is -3.53. The van der Waals surface area contributed by atoms with Crippen molar-refractivity contribution in [2.75, 3.05) is 7.11 Å². The summed E-state index contributed by atoms with van der Waals surface area (Å²) in [5.41, 5.74) is 2.79. The zero-order valence-corrected chi connectivity index (χ0v) is 17.6. The van der Waals surface area contributed by atoms with Crippen LogP contribution >= 0.6 is 11.8 Å². The number of methoxy groups -OCH3 is 1. The zero-order valence-electron chi connectivity index (χ0n) is 16.8. The molecule has 0 fully saturated rings. The van der Waals surface area contributed by atoms with Crippen LogP contribution in [0.2, 0.25) is 0 Å². The summed E-state index contributed by atoms with van der Waals surface area (Å²) < 4.78 is 46.9. The summed E-state index contributed by atoms with van der Waals surface area (Å²) in [5.74, 6) is 1.52. The van der Waals surface area contributed by atoms with Gasteiger partial charge in [0.15, 0.2) is 28.2 Å². The minimum Gasteiger partial charge on any atom is -0.491 e. The molecule has 1 N–H and O–H groups in total. The van der Waals surface area contributed by atoms with E-state index in [1.54, 1.807) is 19.4 Å². The highest BCUT2D eigenvalue weighted by Gasteiger charge is 2.43. The van der Waals surface area contributed by atoms with Crippen molar-refractivity contribution in [2.24, 2.45) is 0 Å². The summed E-state index contributed by atoms with van der Waals surface area (Å²) in [6, 6.07) is 14.5. The van der Waals surface area contributed by atoms with E-state index < -0.39 is 6.29 Å². The van der Waals surface area contributed by atoms with E-state index in [0.29, 0.717) is 45.7 Å². The summed E-state index contributed by atoms with van der Waals surface area (Å²) in [6.07, 6.45) is -1.99. The van der Waals surface area contributed by atoms with Crippen LogP contribution in [0.15, 0.2) is 59.9 Å². The van der Waals surface area contributed by atoms with Gasteiger partial charge in [0.2, 0.25) is 0 Å². The van der Waals surface area contributed by atoms with E-state index in [9.17, 15) is 8.78 Å². The smallest absolute Gasteiger partial charge is 0.491 e. The zero-order chi connectivity index (χ0) is 22.1. The standard InChI is InChI=1S/C22H17F2N3O4S/c1-28-20-16(25-8-7-17(20)29-11-13-5-3-2-4-6-13)12-32-21-26-14-9-18-19(10-15(14)27-21)31-22(23,24)30-18/h2-10H,11-12H2,1H3,(H,26,27). The molecule has 0 saturated heterocycles. The maximum absolute atomic E-state index is 13.2. The molecule has 2 aromatic heterocycles. The Kier molecular flexibility index (Phi) is 5.22. The van der Waals surface area contributed by atoms with Crippen LogP contribution in [0.25, 0.3) is 11.0 Å². The number of aromatic amines is 1. The SMILES string of the molecule is COc1c(OCc2ccccc2)ccnc1CSc1nc2cc3c(cc2[nH]1)OC(F)(F)O3. The molecule has 1 aliphatic heterocycles. The third-order valence-electron chi connectivity index (χ3n) is 4.71. The molecule has 10 heteroatoms. The largest absolute Gasteiger partial charge is 0.586 e. The molecular formula is C22H17F2N3O4S. The highest BCUT2D eigenvalue weighted by Crippen LogP contribution is 2.43. The molecular weight excluding hydrogens is 440 g/mol. The molecule has 1 aliphatic rings. The molecule has 3 heterocycles. The second kappa shape index (κ2) is 8.19. The van der Waals surface area contributed by atoms with Gasteiger partial charge < -0.3 is 23.9 Å². The first-order valence-electron chi connectivity index (χ1n) is 9.62. The number of thioether (sulfide) groups is 1. The first-order chi connectivity index (χ1) is 15.5. The fourth-order valence-corrected chi connectivity index (χ4v) is 4.10. The van der Waals surface area contributed by atoms with Crippen LogP contribution in [0.5, 0.6) is 23.0 Å². The number of halogens is 2. The van der Waals surface area contributed by atoms with Crippen molar-refractivity contribution in [3.05, 3.63) is 66.0 Å². The van der Waals surface area contributed by atoms with Crippen LogP contribution in [0.4, 0.5) is 8.78 Å². The maximum Gasteiger partial charge on any atom is 0.586 e. The quantitative estimate of drug-likeness (QED) is 0.384. The molecule has 0 unspecified atom stereocenters. The van der Waals surface area contributed by atoms with Crippen molar-refractivity contribution in [2.45, 2.75) is 23.8 Å². The number of rotatable bonds is 7. The number of ether oxygens (including phenoxy) is 4. The lowest BCUT2D eigenvalue weighted by Crippen LogP contribution is -2.25. The molecule has 5 rings (SSSR count). The lowest BCUT2D eigenvalue weighted by atomic mass is 10.2. The molecule has 0 bridgehead atoms. The average Bonchev–Trinajstić information content (AvgIpc) is 3.32. The van der Waals surface area contributed by atoms with E-state index in [2.05, 4.69) is 24.4 Å². The van der Waals surface area contributed by atoms with Crippen LogP contribution in [-0.4, -0.2) is 28.4 Å². The van der Waals surface area contributed by atoms with Crippen LogP contribution in [0.1, 0.15) is 11.3 Å². The number of H-pyrrole nitrogens is 1. The van der Waals surface area contributed by atoms with Gasteiger partial charge in [0.25, 0.3) is 0 Å². The van der Waals surface area contributed by atoms with Gasteiger partial charge in [-0.15, -0.1) is 8.78 Å². The van der Waals surface area contributed by atoms with E-state index in [4.69, 9.17) is 9.47 Å². The van der Waals surface area contributed by atoms with Gasteiger partial charge in [0, 0.05) is 30.1 Å². The number of nitrogens with zero attached hydrogens (tertiary/aromatic N) is 2. The molecule has 0 saturated carbocycles. The number of hydrogen-bond donors (Lipinski definition) is 1. The summed E-state index contributed by atoms with van der Waals surface area (Å²) in [5, 5.41) is 0.592. The van der Waals surface area contributed by atoms with Crippen molar-refractivity contribution < 1.29 is 27.7 Å². The molecule has 7 nitrogen and oxygen atoms in total. The number of alkyl halides is 2. The second-order valence-corrected chi connectivity index (χ2v) is 7.84. The molecule has 4 aromatic rings. The Bertz CT molecular complexity index is 1220. The lowest BCUT2D eigenvalue weighted by molar-refractivity contribution is -0.286. The summed E-state index contributed by atoms with van der Waals surface area (Å²) in [7, 11) is 1.57. The van der Waals surface area contributed by atoms with E-state index in [1.807, 2.05) is 30.3 Å². The highest BCUT2D eigenvalue weighted by molar-refractivity contribution is 7.98. The van der Waals surface area contributed by atoms with E-state index in [0.717, 1.165) is 5.56 Å². The summed E-state index contributed by atoms with van der Waals surface area (Å²) >= 11 is 1.39. The van der Waals surface area contributed by atoms with Gasteiger partial charge >= 0.3 is 6.29 Å². The molecule has 0 radical (unpaired) electrons. The second-order valence-electron chi connectivity index (χ2n) is 6.88. The highest BCUT2D eigenvalue weighted by atomic mass is 32.2. The average molecular weight is 457 g/mol. The Morgan fingerprint density at radius 2 is 1.88 bits per heavy atom. The number of fused-ring (bicyclic) bond motifs is 2. The van der Waals surface area contributed by atoms with Crippen LogP contribution in [0.3, 0.4) is 0 Å². The van der Waals surface area contributed by atoms with Crippen molar-refractivity contribution in [1.82, 2.24) is 15.0 Å².